The van der Waals surface area contributed by atoms with Gasteiger partial charge in [0.05, 0.1) is 0 Å². The van der Waals surface area contributed by atoms with Gasteiger partial charge in [-0.05, 0) is 55.2 Å². The first-order valence-corrected chi connectivity index (χ1v) is 8.09. The summed E-state index contributed by atoms with van der Waals surface area (Å²) in [7, 11) is 0. The van der Waals surface area contributed by atoms with Crippen molar-refractivity contribution in [3.05, 3.63) is 59.7 Å². The van der Waals surface area contributed by atoms with Gasteiger partial charge in [0, 0.05) is 5.25 Å². The van der Waals surface area contributed by atoms with E-state index in [2.05, 4.69) is 68.1 Å². The van der Waals surface area contributed by atoms with Crippen LogP contribution in [0.5, 0.6) is 0 Å². The Bertz CT molecular complexity index is 545. The van der Waals surface area contributed by atoms with E-state index in [0.29, 0.717) is 5.25 Å². The van der Waals surface area contributed by atoms with E-state index in [4.69, 9.17) is 0 Å². The molecule has 0 aromatic heterocycles. The third-order valence-corrected chi connectivity index (χ3v) is 4.98. The van der Waals surface area contributed by atoms with Gasteiger partial charge in [0.1, 0.15) is 0 Å². The molecule has 0 nitrogen and oxygen atoms in total. The average molecular weight is 282 g/mol. The van der Waals surface area contributed by atoms with Crippen molar-refractivity contribution < 1.29 is 0 Å². The molecule has 2 aromatic rings. The molecule has 1 fully saturated rings. The first-order chi connectivity index (χ1) is 9.72. The molecule has 2 aromatic carbocycles. The highest BCUT2D eigenvalue weighted by molar-refractivity contribution is 7.80. The van der Waals surface area contributed by atoms with Crippen LogP contribution < -0.4 is 0 Å². The molecule has 0 unspecified atom stereocenters. The fraction of sp³-hybridized carbons (Fsp3) is 0.368. The van der Waals surface area contributed by atoms with Gasteiger partial charge in [-0.1, -0.05) is 54.1 Å². The van der Waals surface area contributed by atoms with Gasteiger partial charge in [0.15, 0.2) is 0 Å². The Kier molecular flexibility index (Phi) is 4.16. The molecule has 0 radical (unpaired) electrons. The molecular weight excluding hydrogens is 260 g/mol. The van der Waals surface area contributed by atoms with Crippen LogP contribution in [0.1, 0.15) is 42.7 Å². The van der Waals surface area contributed by atoms with Crippen molar-refractivity contribution in [2.45, 2.75) is 43.8 Å². The number of aryl methyl sites for hydroxylation is 1. The maximum atomic E-state index is 4.59. The highest BCUT2D eigenvalue weighted by Gasteiger charge is 2.19. The standard InChI is InChI=1S/C19H22S/c1-14-2-4-15(5-3-14)16-6-8-17(9-7-16)18-10-12-19(20)13-11-18/h2-9,18-20H,10-13H2,1H3. The summed E-state index contributed by atoms with van der Waals surface area (Å²) in [6.07, 6.45) is 5.09. The third kappa shape index (κ3) is 3.09. The van der Waals surface area contributed by atoms with Gasteiger partial charge in [-0.2, -0.15) is 12.6 Å². The van der Waals surface area contributed by atoms with Crippen molar-refractivity contribution in [3.63, 3.8) is 0 Å². The minimum atomic E-state index is 0.623. The van der Waals surface area contributed by atoms with E-state index in [-0.39, 0.29) is 0 Å². The van der Waals surface area contributed by atoms with Crippen LogP contribution in [-0.4, -0.2) is 5.25 Å². The molecule has 1 saturated carbocycles. The summed E-state index contributed by atoms with van der Waals surface area (Å²) in [5.74, 6) is 0.741. The molecule has 1 aliphatic rings. The van der Waals surface area contributed by atoms with Crippen LogP contribution in [0.2, 0.25) is 0 Å². The molecular formula is C19H22S. The Hall–Kier alpha value is -1.21. The van der Waals surface area contributed by atoms with Crippen molar-refractivity contribution in [1.82, 2.24) is 0 Å². The van der Waals surface area contributed by atoms with Crippen LogP contribution in [0.15, 0.2) is 48.5 Å². The van der Waals surface area contributed by atoms with E-state index in [1.54, 1.807) is 0 Å². The first kappa shape index (κ1) is 13.8. The maximum absolute atomic E-state index is 4.59. The molecule has 0 bridgehead atoms. The number of hydrogen-bond acceptors (Lipinski definition) is 1. The lowest BCUT2D eigenvalue weighted by molar-refractivity contribution is 0.455. The Morgan fingerprint density at radius 3 is 1.80 bits per heavy atom. The van der Waals surface area contributed by atoms with E-state index in [1.165, 1.54) is 47.9 Å². The third-order valence-electron chi connectivity index (χ3n) is 4.46. The molecule has 20 heavy (non-hydrogen) atoms. The quantitative estimate of drug-likeness (QED) is 0.679. The molecule has 0 atom stereocenters. The highest BCUT2D eigenvalue weighted by atomic mass is 32.1. The van der Waals surface area contributed by atoms with E-state index < -0.39 is 0 Å². The summed E-state index contributed by atoms with van der Waals surface area (Å²) in [5.41, 5.74) is 5.44. The van der Waals surface area contributed by atoms with Gasteiger partial charge in [-0.15, -0.1) is 0 Å². The second kappa shape index (κ2) is 6.05. The lowest BCUT2D eigenvalue weighted by Crippen LogP contribution is -2.12. The van der Waals surface area contributed by atoms with Crippen molar-refractivity contribution >= 4 is 12.6 Å². The number of rotatable bonds is 2. The van der Waals surface area contributed by atoms with Crippen LogP contribution in [-0.2, 0) is 0 Å². The minimum Gasteiger partial charge on any atom is -0.176 e. The summed E-state index contributed by atoms with van der Waals surface area (Å²) in [6.45, 7) is 2.13. The van der Waals surface area contributed by atoms with E-state index in [0.717, 1.165) is 5.92 Å². The van der Waals surface area contributed by atoms with Gasteiger partial charge < -0.3 is 0 Å². The molecule has 1 aliphatic carbocycles. The molecule has 0 amide bonds. The predicted octanol–water partition coefficient (Wildman–Crippen LogP) is 5.62. The van der Waals surface area contributed by atoms with Crippen LogP contribution in [0.4, 0.5) is 0 Å². The van der Waals surface area contributed by atoms with Crippen LogP contribution >= 0.6 is 12.6 Å². The fourth-order valence-electron chi connectivity index (χ4n) is 3.10. The molecule has 0 aliphatic heterocycles. The zero-order chi connectivity index (χ0) is 13.9. The lowest BCUT2D eigenvalue weighted by Gasteiger charge is -2.26. The highest BCUT2D eigenvalue weighted by Crippen LogP contribution is 2.35. The minimum absolute atomic E-state index is 0.623. The van der Waals surface area contributed by atoms with Crippen molar-refractivity contribution in [2.24, 2.45) is 0 Å². The van der Waals surface area contributed by atoms with Crippen molar-refractivity contribution in [1.29, 1.82) is 0 Å². The molecule has 0 N–H and O–H groups in total. The lowest BCUT2D eigenvalue weighted by atomic mass is 9.83. The molecule has 3 rings (SSSR count). The number of benzene rings is 2. The SMILES string of the molecule is Cc1ccc(-c2ccc(C3CCC(S)CC3)cc2)cc1. The molecule has 0 heterocycles. The van der Waals surface area contributed by atoms with E-state index in [1.807, 2.05) is 0 Å². The summed E-state index contributed by atoms with van der Waals surface area (Å²) in [4.78, 5) is 0. The average Bonchev–Trinajstić information content (AvgIpc) is 2.49. The largest absolute Gasteiger partial charge is 0.176 e. The van der Waals surface area contributed by atoms with Crippen LogP contribution in [0.25, 0.3) is 11.1 Å². The van der Waals surface area contributed by atoms with Crippen LogP contribution in [0, 0.1) is 6.92 Å². The number of hydrogen-bond donors (Lipinski definition) is 1. The predicted molar refractivity (Wildman–Crippen MR) is 90.6 cm³/mol. The molecule has 1 heteroatoms. The Morgan fingerprint density at radius 2 is 1.25 bits per heavy atom. The Labute approximate surface area is 127 Å². The monoisotopic (exact) mass is 282 g/mol. The Balaban J connectivity index is 1.76. The maximum Gasteiger partial charge on any atom is 0.00172 e. The smallest absolute Gasteiger partial charge is 0.00172 e. The zero-order valence-electron chi connectivity index (χ0n) is 12.0. The van der Waals surface area contributed by atoms with Gasteiger partial charge in [-0.25, -0.2) is 0 Å². The van der Waals surface area contributed by atoms with Gasteiger partial charge in [0.25, 0.3) is 0 Å². The van der Waals surface area contributed by atoms with E-state index in [9.17, 15) is 0 Å². The van der Waals surface area contributed by atoms with Gasteiger partial charge in [0.2, 0.25) is 0 Å². The normalized spacial score (nSPS) is 22.7. The number of thiol groups is 1. The summed E-state index contributed by atoms with van der Waals surface area (Å²) in [6, 6.07) is 17.9. The van der Waals surface area contributed by atoms with Crippen molar-refractivity contribution in [2.75, 3.05) is 0 Å². The second-order valence-corrected chi connectivity index (χ2v) is 6.72. The molecule has 0 saturated heterocycles. The van der Waals surface area contributed by atoms with E-state index >= 15 is 0 Å². The molecule has 0 spiro atoms. The zero-order valence-corrected chi connectivity index (χ0v) is 12.9. The fourth-order valence-corrected chi connectivity index (χ4v) is 3.40. The van der Waals surface area contributed by atoms with Crippen molar-refractivity contribution in [3.8, 4) is 11.1 Å². The topological polar surface area (TPSA) is 0 Å². The second-order valence-electron chi connectivity index (χ2n) is 5.99. The first-order valence-electron chi connectivity index (χ1n) is 7.57. The Morgan fingerprint density at radius 1 is 0.750 bits per heavy atom. The summed E-state index contributed by atoms with van der Waals surface area (Å²) >= 11 is 4.59. The molecule has 104 valence electrons. The summed E-state index contributed by atoms with van der Waals surface area (Å²) in [5, 5.41) is 0.623. The summed E-state index contributed by atoms with van der Waals surface area (Å²) < 4.78 is 0. The van der Waals surface area contributed by atoms with Gasteiger partial charge in [-0.3, -0.25) is 0 Å². The van der Waals surface area contributed by atoms with Crippen LogP contribution in [0.3, 0.4) is 0 Å². The van der Waals surface area contributed by atoms with Gasteiger partial charge >= 0.3 is 0 Å².